The molecule has 1 N–H and O–H groups in total. The van der Waals surface area contributed by atoms with E-state index in [-0.39, 0.29) is 24.3 Å². The van der Waals surface area contributed by atoms with Gasteiger partial charge in [-0.05, 0) is 53.8 Å². The second-order valence-corrected chi connectivity index (χ2v) is 11.4. The Kier molecular flexibility index (Phi) is 10.8. The van der Waals surface area contributed by atoms with Crippen molar-refractivity contribution in [1.82, 2.24) is 5.32 Å². The maximum atomic E-state index is 12.8. The molecule has 44 heavy (non-hydrogen) atoms. The Labute approximate surface area is 268 Å². The van der Waals surface area contributed by atoms with Gasteiger partial charge in [0.25, 0.3) is 0 Å². The minimum Gasteiger partial charge on any atom is -0.489 e. The molecule has 0 bridgehead atoms. The molecule has 8 heteroatoms. The van der Waals surface area contributed by atoms with Gasteiger partial charge in [-0.3, -0.25) is 10.1 Å². The Morgan fingerprint density at radius 2 is 1.82 bits per heavy atom. The second kappa shape index (κ2) is 15.2. The summed E-state index contributed by atoms with van der Waals surface area (Å²) in [6, 6.07) is 22.9. The Bertz CT molecular complexity index is 1560. The van der Waals surface area contributed by atoms with Gasteiger partial charge in [-0.1, -0.05) is 96.9 Å². The first-order valence-electron chi connectivity index (χ1n) is 14.6. The van der Waals surface area contributed by atoms with Crippen LogP contribution in [0.2, 0.25) is 10.0 Å². The average Bonchev–Trinajstić information content (AvgIpc) is 3.07. The molecule has 3 aromatic carbocycles. The Morgan fingerprint density at radius 1 is 1.02 bits per heavy atom. The topological polar surface area (TPSA) is 66.0 Å². The van der Waals surface area contributed by atoms with Crippen LogP contribution < -0.4 is 10.1 Å². The summed E-state index contributed by atoms with van der Waals surface area (Å²) in [4.78, 5) is 12.8. The molecule has 0 amide bonds. The molecule has 6 nitrogen and oxygen atoms in total. The number of allylic oxidation sites excluding steroid dienone is 4. The fraction of sp³-hybridized carbons (Fsp3) is 0.250. The highest BCUT2D eigenvalue weighted by Gasteiger charge is 2.29. The molecule has 0 spiro atoms. The highest BCUT2D eigenvalue weighted by molar-refractivity contribution is 6.42. The van der Waals surface area contributed by atoms with E-state index >= 15 is 0 Å². The highest BCUT2D eigenvalue weighted by Crippen LogP contribution is 2.39. The first-order chi connectivity index (χ1) is 21.4. The molecule has 0 saturated carbocycles. The number of nitrogens with one attached hydrogen (secondary N) is 1. The molecule has 2 aliphatic rings. The normalized spacial score (nSPS) is 17.3. The zero-order valence-corrected chi connectivity index (χ0v) is 26.2. The van der Waals surface area contributed by atoms with E-state index in [9.17, 15) is 4.79 Å². The monoisotopic (exact) mass is 631 g/mol. The van der Waals surface area contributed by atoms with Crippen LogP contribution in [0.15, 0.2) is 121 Å². The summed E-state index contributed by atoms with van der Waals surface area (Å²) in [6.45, 7) is 2.46. The Balaban J connectivity index is 1.24. The third-order valence-electron chi connectivity index (χ3n) is 7.63. The van der Waals surface area contributed by atoms with Gasteiger partial charge in [-0.2, -0.15) is 0 Å². The number of benzene rings is 3. The first kappa shape index (κ1) is 31.5. The fourth-order valence-corrected chi connectivity index (χ4v) is 5.62. The number of ether oxygens (including phenoxy) is 4. The van der Waals surface area contributed by atoms with Crippen molar-refractivity contribution in [2.45, 2.75) is 50.8 Å². The zero-order valence-electron chi connectivity index (χ0n) is 24.7. The molecule has 228 valence electrons. The SMILES string of the molecule is CC[C@@H](N[C@@H](CC1=COC=C(C2=CC=CC[C@@H]2c2ccc(OCc3ccc(Cl)c(Cl)c3)cc2)O1)C(=O)OC)c1ccccc1. The second-order valence-electron chi connectivity index (χ2n) is 10.6. The molecular formula is C36H35Cl2NO5. The summed E-state index contributed by atoms with van der Waals surface area (Å²) in [5, 5.41) is 4.48. The minimum absolute atomic E-state index is 0.0214. The molecule has 0 unspecified atom stereocenters. The molecular weight excluding hydrogens is 597 g/mol. The van der Waals surface area contributed by atoms with E-state index in [1.165, 1.54) is 7.11 Å². The number of hydrogen-bond donors (Lipinski definition) is 1. The number of carbonyl (C=O) groups excluding carboxylic acids is 1. The van der Waals surface area contributed by atoms with Gasteiger partial charge in [-0.25, -0.2) is 0 Å². The van der Waals surface area contributed by atoms with E-state index in [4.69, 9.17) is 42.1 Å². The lowest BCUT2D eigenvalue weighted by Crippen LogP contribution is -2.40. The summed E-state index contributed by atoms with van der Waals surface area (Å²) < 4.78 is 23.2. The summed E-state index contributed by atoms with van der Waals surface area (Å²) in [6.07, 6.45) is 11.2. The molecule has 1 heterocycles. The molecule has 5 rings (SSSR count). The van der Waals surface area contributed by atoms with Crippen molar-refractivity contribution >= 4 is 29.2 Å². The lowest BCUT2D eigenvalue weighted by molar-refractivity contribution is -0.143. The van der Waals surface area contributed by atoms with Gasteiger partial charge in [0.15, 0.2) is 5.76 Å². The smallest absolute Gasteiger partial charge is 0.323 e. The van der Waals surface area contributed by atoms with Crippen molar-refractivity contribution in [3.8, 4) is 5.75 Å². The van der Waals surface area contributed by atoms with Crippen molar-refractivity contribution in [2.24, 2.45) is 0 Å². The summed E-state index contributed by atoms with van der Waals surface area (Å²) in [7, 11) is 1.39. The van der Waals surface area contributed by atoms with Crippen molar-refractivity contribution in [3.05, 3.63) is 147 Å². The predicted octanol–water partition coefficient (Wildman–Crippen LogP) is 8.94. The van der Waals surface area contributed by atoms with E-state index in [0.717, 1.165) is 40.9 Å². The molecule has 0 saturated heterocycles. The van der Waals surface area contributed by atoms with Crippen LogP contribution in [0.3, 0.4) is 0 Å². The summed E-state index contributed by atoms with van der Waals surface area (Å²) in [5.74, 6) is 1.58. The van der Waals surface area contributed by atoms with Gasteiger partial charge in [-0.15, -0.1) is 0 Å². The molecule has 1 aliphatic carbocycles. The van der Waals surface area contributed by atoms with Crippen molar-refractivity contribution in [2.75, 3.05) is 7.11 Å². The lowest BCUT2D eigenvalue weighted by Gasteiger charge is -2.28. The highest BCUT2D eigenvalue weighted by atomic mass is 35.5. The van der Waals surface area contributed by atoms with Gasteiger partial charge in [0.1, 0.15) is 36.7 Å². The Hall–Kier alpha value is -3.97. The average molecular weight is 633 g/mol. The standard InChI is InChI=1S/C36H35Cl2NO5/c1-3-33(26-9-5-4-6-10-26)39-34(36(40)41-2)20-28-22-42-23-35(44-28)30-12-8-7-11-29(30)25-14-16-27(17-15-25)43-21-24-13-18-31(37)32(38)19-24/h4-10,12-19,22-23,29,33-34,39H,3,11,20-21H2,1-2H3/t29-,33-,34+/m1/s1. The van der Waals surface area contributed by atoms with Crippen molar-refractivity contribution in [3.63, 3.8) is 0 Å². The van der Waals surface area contributed by atoms with Crippen LogP contribution >= 0.6 is 23.2 Å². The number of halogens is 2. The van der Waals surface area contributed by atoms with Crippen LogP contribution in [-0.4, -0.2) is 19.1 Å². The van der Waals surface area contributed by atoms with Crippen LogP contribution in [0.1, 0.15) is 54.8 Å². The van der Waals surface area contributed by atoms with Crippen molar-refractivity contribution in [1.29, 1.82) is 0 Å². The quantitative estimate of drug-likeness (QED) is 0.201. The van der Waals surface area contributed by atoms with Crippen LogP contribution in [0.25, 0.3) is 0 Å². The molecule has 3 aromatic rings. The van der Waals surface area contributed by atoms with Crippen LogP contribution in [0.4, 0.5) is 0 Å². The van der Waals surface area contributed by atoms with E-state index in [2.05, 4.69) is 30.4 Å². The molecule has 1 aliphatic heterocycles. The molecule has 3 atom stereocenters. The molecule has 0 radical (unpaired) electrons. The first-order valence-corrected chi connectivity index (χ1v) is 15.4. The zero-order chi connectivity index (χ0) is 30.9. The predicted molar refractivity (Wildman–Crippen MR) is 173 cm³/mol. The van der Waals surface area contributed by atoms with Crippen LogP contribution in [0.5, 0.6) is 5.75 Å². The van der Waals surface area contributed by atoms with Crippen LogP contribution in [-0.2, 0) is 25.6 Å². The largest absolute Gasteiger partial charge is 0.489 e. The van der Waals surface area contributed by atoms with E-state index in [1.54, 1.807) is 24.7 Å². The number of esters is 1. The summed E-state index contributed by atoms with van der Waals surface area (Å²) in [5.41, 5.74) is 4.14. The van der Waals surface area contributed by atoms with Gasteiger partial charge >= 0.3 is 5.97 Å². The number of hydrogen-bond acceptors (Lipinski definition) is 6. The molecule has 0 aromatic heterocycles. The minimum atomic E-state index is -0.619. The van der Waals surface area contributed by atoms with Gasteiger partial charge in [0, 0.05) is 24.0 Å². The van der Waals surface area contributed by atoms with Gasteiger partial charge in [0.05, 0.1) is 17.2 Å². The van der Waals surface area contributed by atoms with E-state index in [1.807, 2.05) is 60.7 Å². The van der Waals surface area contributed by atoms with E-state index in [0.29, 0.717) is 28.2 Å². The number of carbonyl (C=O) groups is 1. The van der Waals surface area contributed by atoms with E-state index < -0.39 is 6.04 Å². The van der Waals surface area contributed by atoms with Crippen molar-refractivity contribution < 1.29 is 23.7 Å². The maximum absolute atomic E-state index is 12.8. The number of methoxy groups -OCH3 is 1. The fourth-order valence-electron chi connectivity index (χ4n) is 5.30. The summed E-state index contributed by atoms with van der Waals surface area (Å²) >= 11 is 12.2. The maximum Gasteiger partial charge on any atom is 0.323 e. The van der Waals surface area contributed by atoms with Gasteiger partial charge in [0.2, 0.25) is 0 Å². The van der Waals surface area contributed by atoms with Crippen LogP contribution in [0, 0.1) is 0 Å². The lowest BCUT2D eigenvalue weighted by atomic mass is 9.84. The third kappa shape index (κ3) is 7.94. The number of rotatable bonds is 12. The Morgan fingerprint density at radius 3 is 2.55 bits per heavy atom. The van der Waals surface area contributed by atoms with Gasteiger partial charge < -0.3 is 18.9 Å². The third-order valence-corrected chi connectivity index (χ3v) is 8.37. The molecule has 0 fully saturated rings.